The first-order valence-electron chi connectivity index (χ1n) is 7.33. The summed E-state index contributed by atoms with van der Waals surface area (Å²) in [5.41, 5.74) is 5.49. The molecule has 124 valence electrons. The van der Waals surface area contributed by atoms with Gasteiger partial charge in [-0.3, -0.25) is 20.4 Å². The van der Waals surface area contributed by atoms with Gasteiger partial charge in [0.1, 0.15) is 6.61 Å². The summed E-state index contributed by atoms with van der Waals surface area (Å²) < 4.78 is 11.0. The smallest absolute Gasteiger partial charge is 0.283 e. The van der Waals surface area contributed by atoms with Crippen LogP contribution in [-0.4, -0.2) is 24.5 Å². The summed E-state index contributed by atoms with van der Waals surface area (Å²) in [6.07, 6.45) is -0.696. The van der Waals surface area contributed by atoms with Crippen LogP contribution >= 0.6 is 11.6 Å². The van der Waals surface area contributed by atoms with Gasteiger partial charge in [-0.05, 0) is 29.8 Å². The van der Waals surface area contributed by atoms with E-state index in [1.54, 1.807) is 42.5 Å². The SMILES string of the molecule is O=C(Cc1ccc(Cl)cc1)NNC(=O)[C@H]1COc2ccccc2O1. The van der Waals surface area contributed by atoms with Crippen molar-refractivity contribution in [2.45, 2.75) is 12.5 Å². The molecule has 0 unspecified atom stereocenters. The normalized spacial score (nSPS) is 15.5. The van der Waals surface area contributed by atoms with Crippen molar-refractivity contribution in [3.05, 3.63) is 59.1 Å². The number of nitrogens with one attached hydrogen (secondary N) is 2. The van der Waals surface area contributed by atoms with Crippen molar-refractivity contribution in [1.82, 2.24) is 10.9 Å². The number of amides is 2. The maximum atomic E-state index is 12.1. The molecule has 0 aromatic heterocycles. The Bertz CT molecular complexity index is 749. The second kappa shape index (κ2) is 7.23. The van der Waals surface area contributed by atoms with Crippen LogP contribution in [0.1, 0.15) is 5.56 Å². The highest BCUT2D eigenvalue weighted by Gasteiger charge is 2.27. The highest BCUT2D eigenvalue weighted by Crippen LogP contribution is 2.30. The first kappa shape index (κ1) is 16.1. The second-order valence-corrected chi connectivity index (χ2v) is 5.64. The molecule has 0 saturated heterocycles. The third-order valence-electron chi connectivity index (χ3n) is 3.40. The summed E-state index contributed by atoms with van der Waals surface area (Å²) in [5.74, 6) is 0.265. The second-order valence-electron chi connectivity index (χ2n) is 5.20. The van der Waals surface area contributed by atoms with Gasteiger partial charge in [-0.1, -0.05) is 35.9 Å². The van der Waals surface area contributed by atoms with E-state index in [1.807, 2.05) is 6.07 Å². The van der Waals surface area contributed by atoms with Crippen LogP contribution in [0.5, 0.6) is 11.5 Å². The zero-order valence-electron chi connectivity index (χ0n) is 12.6. The number of hydrogen-bond acceptors (Lipinski definition) is 4. The molecule has 6 nitrogen and oxygen atoms in total. The van der Waals surface area contributed by atoms with E-state index in [2.05, 4.69) is 10.9 Å². The van der Waals surface area contributed by atoms with Gasteiger partial charge in [-0.2, -0.15) is 0 Å². The number of ether oxygens (including phenoxy) is 2. The highest BCUT2D eigenvalue weighted by molar-refractivity contribution is 6.30. The molecule has 0 radical (unpaired) electrons. The minimum Gasteiger partial charge on any atom is -0.485 e. The molecule has 0 fully saturated rings. The first-order valence-corrected chi connectivity index (χ1v) is 7.71. The summed E-state index contributed by atoms with van der Waals surface area (Å²) >= 11 is 5.79. The van der Waals surface area contributed by atoms with Crippen molar-refractivity contribution >= 4 is 23.4 Å². The molecule has 1 heterocycles. The monoisotopic (exact) mass is 346 g/mol. The van der Waals surface area contributed by atoms with Crippen molar-refractivity contribution in [2.75, 3.05) is 6.61 Å². The third kappa shape index (κ3) is 3.97. The van der Waals surface area contributed by atoms with Crippen LogP contribution in [0.3, 0.4) is 0 Å². The molecule has 1 atom stereocenters. The Morgan fingerprint density at radius 3 is 2.50 bits per heavy atom. The number of hydrazine groups is 1. The van der Waals surface area contributed by atoms with Gasteiger partial charge >= 0.3 is 0 Å². The molecule has 7 heteroatoms. The lowest BCUT2D eigenvalue weighted by Gasteiger charge is -2.25. The van der Waals surface area contributed by atoms with Crippen molar-refractivity contribution in [1.29, 1.82) is 0 Å². The minimum atomic E-state index is -0.823. The van der Waals surface area contributed by atoms with E-state index in [4.69, 9.17) is 21.1 Å². The van der Waals surface area contributed by atoms with Crippen LogP contribution in [0, 0.1) is 0 Å². The van der Waals surface area contributed by atoms with E-state index < -0.39 is 12.0 Å². The number of halogens is 1. The van der Waals surface area contributed by atoms with Crippen molar-refractivity contribution in [3.63, 3.8) is 0 Å². The molecule has 24 heavy (non-hydrogen) atoms. The van der Waals surface area contributed by atoms with Crippen LogP contribution in [0.15, 0.2) is 48.5 Å². The molecule has 1 aliphatic heterocycles. The van der Waals surface area contributed by atoms with Gasteiger partial charge in [-0.15, -0.1) is 0 Å². The molecule has 0 saturated carbocycles. The molecule has 0 aliphatic carbocycles. The third-order valence-corrected chi connectivity index (χ3v) is 3.66. The predicted octanol–water partition coefficient (Wildman–Crippen LogP) is 1.87. The Labute approximate surface area is 143 Å². The fourth-order valence-electron chi connectivity index (χ4n) is 2.19. The Kier molecular flexibility index (Phi) is 4.86. The van der Waals surface area contributed by atoms with Crippen LogP contribution in [-0.2, 0) is 16.0 Å². The number of rotatable bonds is 3. The number of benzene rings is 2. The van der Waals surface area contributed by atoms with Crippen molar-refractivity contribution in [2.24, 2.45) is 0 Å². The average molecular weight is 347 g/mol. The number of carbonyl (C=O) groups excluding carboxylic acids is 2. The Morgan fingerprint density at radius 2 is 1.75 bits per heavy atom. The lowest BCUT2D eigenvalue weighted by molar-refractivity contribution is -0.134. The molecule has 3 rings (SSSR count). The van der Waals surface area contributed by atoms with E-state index in [1.165, 1.54) is 0 Å². The number of carbonyl (C=O) groups is 2. The van der Waals surface area contributed by atoms with Crippen LogP contribution in [0.4, 0.5) is 0 Å². The van der Waals surface area contributed by atoms with Gasteiger partial charge in [0.2, 0.25) is 12.0 Å². The number of para-hydroxylation sites is 2. The quantitative estimate of drug-likeness (QED) is 0.832. The minimum absolute atomic E-state index is 0.0793. The lowest BCUT2D eigenvalue weighted by Crippen LogP contribution is -2.51. The molecule has 2 aromatic carbocycles. The molecule has 2 N–H and O–H groups in total. The van der Waals surface area contributed by atoms with Crippen LogP contribution < -0.4 is 20.3 Å². The molecule has 0 spiro atoms. The molecular formula is C17H15ClN2O4. The van der Waals surface area contributed by atoms with Gasteiger partial charge in [0.25, 0.3) is 5.91 Å². The molecule has 0 bridgehead atoms. The van der Waals surface area contributed by atoms with Gasteiger partial charge < -0.3 is 9.47 Å². The zero-order chi connectivity index (χ0) is 16.9. The average Bonchev–Trinajstić information content (AvgIpc) is 2.61. The molecular weight excluding hydrogens is 332 g/mol. The van der Waals surface area contributed by atoms with Crippen LogP contribution in [0.25, 0.3) is 0 Å². The molecule has 2 amide bonds. The van der Waals surface area contributed by atoms with Crippen molar-refractivity contribution < 1.29 is 19.1 Å². The molecule has 2 aromatic rings. The summed E-state index contributed by atoms with van der Waals surface area (Å²) in [4.78, 5) is 23.9. The Hall–Kier alpha value is -2.73. The predicted molar refractivity (Wildman–Crippen MR) is 87.8 cm³/mol. The molecule has 1 aliphatic rings. The summed E-state index contributed by atoms with van der Waals surface area (Å²) in [7, 11) is 0. The first-order chi connectivity index (χ1) is 11.6. The summed E-state index contributed by atoms with van der Waals surface area (Å²) in [6, 6.07) is 14.0. The van der Waals surface area contributed by atoms with E-state index in [0.717, 1.165) is 5.56 Å². The van der Waals surface area contributed by atoms with Gasteiger partial charge in [-0.25, -0.2) is 0 Å². The fraction of sp³-hybridized carbons (Fsp3) is 0.176. The van der Waals surface area contributed by atoms with Crippen molar-refractivity contribution in [3.8, 4) is 11.5 Å². The van der Waals surface area contributed by atoms with Gasteiger partial charge in [0, 0.05) is 5.02 Å². The number of fused-ring (bicyclic) bond motifs is 1. The Balaban J connectivity index is 1.49. The van der Waals surface area contributed by atoms with E-state index in [0.29, 0.717) is 16.5 Å². The highest BCUT2D eigenvalue weighted by atomic mass is 35.5. The van der Waals surface area contributed by atoms with E-state index in [-0.39, 0.29) is 18.9 Å². The van der Waals surface area contributed by atoms with Gasteiger partial charge in [0.15, 0.2) is 11.5 Å². The fourth-order valence-corrected chi connectivity index (χ4v) is 2.32. The topological polar surface area (TPSA) is 76.7 Å². The summed E-state index contributed by atoms with van der Waals surface area (Å²) in [5, 5.41) is 0.599. The number of hydrogen-bond donors (Lipinski definition) is 2. The lowest BCUT2D eigenvalue weighted by atomic mass is 10.1. The maximum absolute atomic E-state index is 12.1. The zero-order valence-corrected chi connectivity index (χ0v) is 13.4. The summed E-state index contributed by atoms with van der Waals surface area (Å²) in [6.45, 7) is 0.0793. The van der Waals surface area contributed by atoms with E-state index in [9.17, 15) is 9.59 Å². The van der Waals surface area contributed by atoms with Crippen LogP contribution in [0.2, 0.25) is 5.02 Å². The standard InChI is InChI=1S/C17H15ClN2O4/c18-12-7-5-11(6-8-12)9-16(21)19-20-17(22)15-10-23-13-3-1-2-4-14(13)24-15/h1-8,15H,9-10H2,(H,19,21)(H,20,22)/t15-/m1/s1. The largest absolute Gasteiger partial charge is 0.485 e. The Morgan fingerprint density at radius 1 is 1.04 bits per heavy atom. The maximum Gasteiger partial charge on any atom is 0.283 e. The van der Waals surface area contributed by atoms with E-state index >= 15 is 0 Å². The van der Waals surface area contributed by atoms with Gasteiger partial charge in [0.05, 0.1) is 6.42 Å².